The summed E-state index contributed by atoms with van der Waals surface area (Å²) in [4.78, 5) is 131. The van der Waals surface area contributed by atoms with E-state index in [1.807, 2.05) is 27.7 Å². The number of aliphatic carboxylic acids is 1. The lowest BCUT2D eigenvalue weighted by molar-refractivity contribution is -0.143. The Morgan fingerprint density at radius 3 is 1.60 bits per heavy atom. The lowest BCUT2D eigenvalue weighted by Crippen LogP contribution is -2.61. The van der Waals surface area contributed by atoms with Gasteiger partial charge in [0.2, 0.25) is 47.3 Å². The van der Waals surface area contributed by atoms with Crippen molar-refractivity contribution in [3.8, 4) is 5.75 Å². The fourth-order valence-electron chi connectivity index (χ4n) is 8.38. The van der Waals surface area contributed by atoms with Crippen LogP contribution in [0.1, 0.15) is 91.0 Å². The summed E-state index contributed by atoms with van der Waals surface area (Å²) < 4.78 is 0. The van der Waals surface area contributed by atoms with Crippen LogP contribution in [0.25, 0.3) is 0 Å². The first kappa shape index (κ1) is 58.2. The lowest BCUT2D eigenvalue weighted by atomic mass is 9.97. The molecule has 1 fully saturated rings. The van der Waals surface area contributed by atoms with Crippen LogP contribution in [0.2, 0.25) is 0 Å². The number of carboxylic acids is 1. The molecule has 398 valence electrons. The summed E-state index contributed by atoms with van der Waals surface area (Å²) in [5, 5.41) is 47.5. The maximum atomic E-state index is 14.4. The van der Waals surface area contributed by atoms with Crippen LogP contribution in [0.3, 0.4) is 0 Å². The molecule has 2 aromatic carbocycles. The van der Waals surface area contributed by atoms with Crippen molar-refractivity contribution in [3.05, 3.63) is 83.9 Å². The molecule has 0 spiro atoms. The second-order valence-electron chi connectivity index (χ2n) is 19.6. The molecule has 0 unspecified atom stereocenters. The van der Waals surface area contributed by atoms with Gasteiger partial charge in [-0.2, -0.15) is 0 Å². The average Bonchev–Trinajstić information content (AvgIpc) is 4.05. The molecule has 8 amide bonds. The minimum Gasteiger partial charge on any atom is -0.508 e. The van der Waals surface area contributed by atoms with E-state index in [0.717, 1.165) is 0 Å². The van der Waals surface area contributed by atoms with Crippen molar-refractivity contribution in [2.24, 2.45) is 17.8 Å². The smallest absolute Gasteiger partial charge is 0.328 e. The van der Waals surface area contributed by atoms with Gasteiger partial charge in [0.1, 0.15) is 54.1 Å². The quantitative estimate of drug-likeness (QED) is 0.0493. The summed E-state index contributed by atoms with van der Waals surface area (Å²) >= 11 is 0. The van der Waals surface area contributed by atoms with Crippen molar-refractivity contribution in [2.75, 3.05) is 13.2 Å². The van der Waals surface area contributed by atoms with Crippen molar-refractivity contribution in [2.45, 2.75) is 142 Å². The SMILES string of the molecule is CC(=O)N1CCC[C@H]1C(=O)N[C@@H](Cc1ccccc1)C(=O)N[C@@H](Cc1cnc[nH]1)C(=O)N[C@@H](CC(C)C)C(=O)N[C@@H](CC(C)C)C(=O)N[C@H](C(=O)N[C@@H](Cc1ccc(O)cc1)C(=O)N[C@@H](CO)C(=O)O)C(C)C. The molecule has 3 aromatic rings. The Kier molecular flexibility index (Phi) is 22.4. The highest BCUT2D eigenvalue weighted by molar-refractivity contribution is 5.98. The lowest BCUT2D eigenvalue weighted by Gasteiger charge is -2.30. The van der Waals surface area contributed by atoms with Crippen LogP contribution in [0.15, 0.2) is 67.1 Å². The first-order valence-electron chi connectivity index (χ1n) is 24.6. The number of amides is 8. The molecule has 1 aliphatic rings. The topological polar surface area (TPSA) is 330 Å². The molecule has 4 rings (SSSR count). The number of benzene rings is 2. The van der Waals surface area contributed by atoms with Gasteiger partial charge in [-0.05, 0) is 66.7 Å². The van der Waals surface area contributed by atoms with Gasteiger partial charge in [-0.1, -0.05) is 84.0 Å². The van der Waals surface area contributed by atoms with E-state index in [4.69, 9.17) is 0 Å². The molecule has 1 aliphatic heterocycles. The first-order chi connectivity index (χ1) is 34.6. The fourth-order valence-corrected chi connectivity index (χ4v) is 8.38. The summed E-state index contributed by atoms with van der Waals surface area (Å²) in [5.41, 5.74) is 1.67. The predicted molar refractivity (Wildman–Crippen MR) is 267 cm³/mol. The van der Waals surface area contributed by atoms with Crippen LogP contribution in [0.4, 0.5) is 0 Å². The standard InChI is InChI=1S/C51H72N10O12/c1-28(2)20-36(54-47(68)40(24-34-25-52-27-53-34)56-45(66)38(22-32-12-9-8-10-13-32)57-49(70)42-14-11-19-61(42)31(7)63)44(65)55-37(21-29(3)4)48(69)60-43(30(5)6)50(71)58-39(23-33-15-17-35(64)18-16-33)46(67)59-41(26-62)51(72)73/h8-10,12-13,15-18,25,27-30,36-43,62,64H,11,14,19-24,26H2,1-7H3,(H,52,53)(H,54,68)(H,55,65)(H,56,66)(H,57,70)(H,58,71)(H,59,67)(H,60,69)(H,72,73)/t36-,37-,38-,39-,40-,41-,42-,43-/m0/s1. The number of carbonyl (C=O) groups is 9. The van der Waals surface area contributed by atoms with Crippen molar-refractivity contribution in [3.63, 3.8) is 0 Å². The number of aromatic hydroxyl groups is 1. The molecule has 1 aromatic heterocycles. The number of hydrogen-bond donors (Lipinski definition) is 11. The third-order valence-electron chi connectivity index (χ3n) is 12.2. The normalized spacial score (nSPS) is 16.3. The Morgan fingerprint density at radius 2 is 1.11 bits per heavy atom. The minimum absolute atomic E-state index is 0.0498. The van der Waals surface area contributed by atoms with Gasteiger partial charge in [-0.15, -0.1) is 0 Å². The maximum absolute atomic E-state index is 14.4. The van der Waals surface area contributed by atoms with Crippen LogP contribution in [-0.2, 0) is 62.4 Å². The number of phenolic OH excluding ortho intramolecular Hbond substituents is 1. The van der Waals surface area contributed by atoms with Crippen LogP contribution in [0.5, 0.6) is 5.75 Å². The zero-order valence-electron chi connectivity index (χ0n) is 42.5. The zero-order chi connectivity index (χ0) is 53.9. The largest absolute Gasteiger partial charge is 0.508 e. The van der Waals surface area contributed by atoms with Crippen LogP contribution < -0.4 is 37.2 Å². The summed E-state index contributed by atoms with van der Waals surface area (Å²) in [7, 11) is 0. The number of aromatic nitrogens is 2. The summed E-state index contributed by atoms with van der Waals surface area (Å²) in [6.45, 7) is 11.4. The molecular weight excluding hydrogens is 945 g/mol. The second kappa shape index (κ2) is 28.0. The molecule has 0 radical (unpaired) electrons. The van der Waals surface area contributed by atoms with Gasteiger partial charge < -0.3 is 62.4 Å². The number of hydrogen-bond acceptors (Lipinski definition) is 12. The van der Waals surface area contributed by atoms with Gasteiger partial charge in [0.25, 0.3) is 0 Å². The van der Waals surface area contributed by atoms with E-state index in [1.54, 1.807) is 44.2 Å². The number of nitrogens with one attached hydrogen (secondary N) is 8. The molecule has 2 heterocycles. The number of rotatable bonds is 27. The highest BCUT2D eigenvalue weighted by atomic mass is 16.4. The average molecular weight is 1020 g/mol. The van der Waals surface area contributed by atoms with Crippen molar-refractivity contribution in [1.29, 1.82) is 0 Å². The molecular formula is C51H72N10O12. The molecule has 73 heavy (non-hydrogen) atoms. The molecule has 0 bridgehead atoms. The third-order valence-corrected chi connectivity index (χ3v) is 12.2. The molecule has 22 heteroatoms. The number of aliphatic hydroxyl groups is 1. The van der Waals surface area contributed by atoms with E-state index < -0.39 is 108 Å². The highest BCUT2D eigenvalue weighted by Gasteiger charge is 2.38. The van der Waals surface area contributed by atoms with Gasteiger partial charge in [0.15, 0.2) is 0 Å². The number of likely N-dealkylation sites (tertiary alicyclic amines) is 1. The summed E-state index contributed by atoms with van der Waals surface area (Å²) in [5.74, 6) is -7.99. The third kappa shape index (κ3) is 18.3. The number of carbonyl (C=O) groups excluding carboxylic acids is 8. The van der Waals surface area contributed by atoms with Gasteiger partial charge in [-0.3, -0.25) is 38.4 Å². The van der Waals surface area contributed by atoms with Gasteiger partial charge in [0, 0.05) is 44.6 Å². The zero-order valence-corrected chi connectivity index (χ0v) is 42.5. The molecule has 0 aliphatic carbocycles. The number of aromatic amines is 1. The molecule has 11 N–H and O–H groups in total. The Morgan fingerprint density at radius 1 is 0.630 bits per heavy atom. The van der Waals surface area contributed by atoms with E-state index in [1.165, 1.54) is 48.6 Å². The molecule has 0 saturated carbocycles. The first-order valence-corrected chi connectivity index (χ1v) is 24.6. The monoisotopic (exact) mass is 1020 g/mol. The summed E-state index contributed by atoms with van der Waals surface area (Å²) in [6.07, 6.45) is 3.87. The minimum atomic E-state index is -1.68. The predicted octanol–water partition coefficient (Wildman–Crippen LogP) is 0.373. The van der Waals surface area contributed by atoms with Crippen LogP contribution in [-0.4, -0.2) is 145 Å². The van der Waals surface area contributed by atoms with E-state index in [0.29, 0.717) is 36.2 Å². The van der Waals surface area contributed by atoms with Crippen molar-refractivity contribution < 1.29 is 58.5 Å². The van der Waals surface area contributed by atoms with Gasteiger partial charge in [0.05, 0.1) is 12.9 Å². The Balaban J connectivity index is 1.56. The van der Waals surface area contributed by atoms with E-state index in [-0.39, 0.29) is 55.6 Å². The Labute approximate surface area is 425 Å². The number of phenols is 1. The van der Waals surface area contributed by atoms with Crippen LogP contribution >= 0.6 is 0 Å². The highest BCUT2D eigenvalue weighted by Crippen LogP contribution is 2.19. The van der Waals surface area contributed by atoms with Crippen LogP contribution in [0, 0.1) is 17.8 Å². The van der Waals surface area contributed by atoms with Gasteiger partial charge in [-0.25, -0.2) is 9.78 Å². The van der Waals surface area contributed by atoms with Gasteiger partial charge >= 0.3 is 5.97 Å². The molecule has 1 saturated heterocycles. The number of aliphatic hydroxyl groups excluding tert-OH is 1. The van der Waals surface area contributed by atoms with Crippen molar-refractivity contribution in [1.82, 2.24) is 52.1 Å². The van der Waals surface area contributed by atoms with E-state index >= 15 is 0 Å². The molecule has 8 atom stereocenters. The fraction of sp³-hybridized carbons (Fsp3) is 0.529. The number of H-pyrrole nitrogens is 1. The van der Waals surface area contributed by atoms with E-state index in [2.05, 4.69) is 47.2 Å². The Bertz CT molecular complexity index is 2350. The number of nitrogens with zero attached hydrogens (tertiary/aromatic N) is 2. The maximum Gasteiger partial charge on any atom is 0.328 e. The second-order valence-corrected chi connectivity index (χ2v) is 19.6. The molecule has 22 nitrogen and oxygen atoms in total. The number of carboxylic acid groups (broad SMARTS) is 1. The van der Waals surface area contributed by atoms with E-state index in [9.17, 15) is 58.5 Å². The summed E-state index contributed by atoms with van der Waals surface area (Å²) in [6, 6.07) is 4.55. The van der Waals surface area contributed by atoms with Crippen molar-refractivity contribution >= 4 is 53.2 Å². The number of imidazole rings is 1. The Hall–Kier alpha value is -7.36.